The molecule has 3 rings (SSSR count). The molecule has 1 aromatic heterocycles. The summed E-state index contributed by atoms with van der Waals surface area (Å²) in [4.78, 5) is 4.70. The van der Waals surface area contributed by atoms with Gasteiger partial charge in [-0.25, -0.2) is 4.98 Å². The summed E-state index contributed by atoms with van der Waals surface area (Å²) in [6, 6.07) is 6.38. The smallest absolute Gasteiger partial charge is 0.124 e. The molecule has 1 aromatic carbocycles. The highest BCUT2D eigenvalue weighted by atomic mass is 35.5. The Morgan fingerprint density at radius 2 is 2.17 bits per heavy atom. The molecule has 2 nitrogen and oxygen atoms in total. The van der Waals surface area contributed by atoms with Crippen LogP contribution in [0, 0.1) is 12.3 Å². The van der Waals surface area contributed by atoms with Crippen molar-refractivity contribution in [1.82, 2.24) is 9.55 Å². The number of rotatable bonds is 3. The predicted octanol–water partition coefficient (Wildman–Crippen LogP) is 4.27. The number of halogens is 1. The first-order valence-electron chi connectivity index (χ1n) is 6.64. The molecule has 0 amide bonds. The van der Waals surface area contributed by atoms with Gasteiger partial charge < -0.3 is 4.57 Å². The fraction of sp³-hybridized carbons (Fsp3) is 0.533. The van der Waals surface area contributed by atoms with Crippen molar-refractivity contribution in [2.24, 2.45) is 5.41 Å². The summed E-state index contributed by atoms with van der Waals surface area (Å²) < 4.78 is 2.33. The Balaban J connectivity index is 2.11. The van der Waals surface area contributed by atoms with Gasteiger partial charge in [0.25, 0.3) is 0 Å². The first-order chi connectivity index (χ1) is 8.63. The van der Waals surface area contributed by atoms with Crippen LogP contribution >= 0.6 is 11.6 Å². The second-order valence-electron chi connectivity index (χ2n) is 5.85. The van der Waals surface area contributed by atoms with Gasteiger partial charge in [0.05, 0.1) is 16.9 Å². The zero-order chi connectivity index (χ0) is 12.8. The number of hydrogen-bond acceptors (Lipinski definition) is 1. The van der Waals surface area contributed by atoms with Gasteiger partial charge in [0.2, 0.25) is 0 Å². The summed E-state index contributed by atoms with van der Waals surface area (Å²) >= 11 is 6.06. The number of imidazole rings is 1. The molecule has 0 atom stereocenters. The number of alkyl halides is 1. The molecule has 0 spiro atoms. The Morgan fingerprint density at radius 3 is 2.78 bits per heavy atom. The molecule has 0 unspecified atom stereocenters. The van der Waals surface area contributed by atoms with Gasteiger partial charge in [-0.2, -0.15) is 0 Å². The molecule has 0 radical (unpaired) electrons. The molecule has 0 bridgehead atoms. The summed E-state index contributed by atoms with van der Waals surface area (Å²) in [7, 11) is 0. The van der Waals surface area contributed by atoms with Crippen molar-refractivity contribution < 1.29 is 0 Å². The largest absolute Gasteiger partial charge is 0.326 e. The molecule has 1 aliphatic rings. The number of para-hydroxylation sites is 1. The third kappa shape index (κ3) is 1.83. The second-order valence-corrected chi connectivity index (χ2v) is 6.12. The molecule has 2 aromatic rings. The Kier molecular flexibility index (Phi) is 2.86. The van der Waals surface area contributed by atoms with E-state index in [2.05, 4.69) is 36.6 Å². The number of aryl methyl sites for hydroxylation is 1. The molecule has 1 heterocycles. The average molecular weight is 263 g/mol. The lowest BCUT2D eigenvalue weighted by Gasteiger charge is -2.39. The molecule has 1 saturated carbocycles. The lowest BCUT2D eigenvalue weighted by Crippen LogP contribution is -2.31. The summed E-state index contributed by atoms with van der Waals surface area (Å²) in [5, 5.41) is 0. The van der Waals surface area contributed by atoms with Crippen LogP contribution < -0.4 is 0 Å². The number of benzene rings is 1. The number of aromatic nitrogens is 2. The van der Waals surface area contributed by atoms with E-state index >= 15 is 0 Å². The van der Waals surface area contributed by atoms with E-state index in [4.69, 9.17) is 16.6 Å². The maximum atomic E-state index is 6.06. The molecular weight excluding hydrogens is 244 g/mol. The van der Waals surface area contributed by atoms with Crippen LogP contribution in [0.5, 0.6) is 0 Å². The first-order valence-corrected chi connectivity index (χ1v) is 7.17. The van der Waals surface area contributed by atoms with Gasteiger partial charge in [-0.3, -0.25) is 0 Å². The molecule has 0 N–H and O–H groups in total. The van der Waals surface area contributed by atoms with E-state index in [9.17, 15) is 0 Å². The van der Waals surface area contributed by atoms with E-state index in [-0.39, 0.29) is 0 Å². The van der Waals surface area contributed by atoms with Crippen LogP contribution in [0.1, 0.15) is 37.6 Å². The van der Waals surface area contributed by atoms with Gasteiger partial charge in [-0.15, -0.1) is 11.6 Å². The normalized spacial score (nSPS) is 17.9. The van der Waals surface area contributed by atoms with E-state index in [0.29, 0.717) is 11.3 Å². The number of nitrogens with zero attached hydrogens (tertiary/aromatic N) is 2. The number of hydrogen-bond donors (Lipinski definition) is 0. The molecule has 1 aliphatic carbocycles. The van der Waals surface area contributed by atoms with Crippen LogP contribution in [-0.2, 0) is 12.4 Å². The Morgan fingerprint density at radius 1 is 1.39 bits per heavy atom. The van der Waals surface area contributed by atoms with Crippen LogP contribution in [-0.4, -0.2) is 9.55 Å². The van der Waals surface area contributed by atoms with Gasteiger partial charge in [-0.1, -0.05) is 25.5 Å². The van der Waals surface area contributed by atoms with Gasteiger partial charge in [0.15, 0.2) is 0 Å². The molecular formula is C15H19ClN2. The highest BCUT2D eigenvalue weighted by molar-refractivity contribution is 6.16. The summed E-state index contributed by atoms with van der Waals surface area (Å²) in [6.45, 7) is 5.54. The van der Waals surface area contributed by atoms with Gasteiger partial charge >= 0.3 is 0 Å². The van der Waals surface area contributed by atoms with E-state index in [1.54, 1.807) is 0 Å². The van der Waals surface area contributed by atoms with Crippen LogP contribution in [0.3, 0.4) is 0 Å². The highest BCUT2D eigenvalue weighted by Crippen LogP contribution is 2.42. The standard InChI is InChI=1S/C15H19ClN2/c1-11-5-3-6-12-14(11)17-13(9-16)18(12)10-15(2)7-4-8-15/h3,5-6H,4,7-10H2,1-2H3. The lowest BCUT2D eigenvalue weighted by molar-refractivity contribution is 0.133. The van der Waals surface area contributed by atoms with Crippen molar-refractivity contribution >= 4 is 22.6 Å². The molecule has 18 heavy (non-hydrogen) atoms. The van der Waals surface area contributed by atoms with Crippen LogP contribution in [0.15, 0.2) is 18.2 Å². The lowest BCUT2D eigenvalue weighted by atomic mass is 9.70. The maximum Gasteiger partial charge on any atom is 0.124 e. The van der Waals surface area contributed by atoms with Crippen molar-refractivity contribution in [3.63, 3.8) is 0 Å². The predicted molar refractivity (Wildman–Crippen MR) is 76.0 cm³/mol. The van der Waals surface area contributed by atoms with Crippen LogP contribution in [0.2, 0.25) is 0 Å². The van der Waals surface area contributed by atoms with Gasteiger partial charge in [0.1, 0.15) is 5.82 Å². The van der Waals surface area contributed by atoms with Crippen molar-refractivity contribution in [1.29, 1.82) is 0 Å². The molecule has 1 fully saturated rings. The van der Waals surface area contributed by atoms with Gasteiger partial charge in [0, 0.05) is 6.54 Å². The van der Waals surface area contributed by atoms with E-state index in [1.165, 1.54) is 30.3 Å². The minimum Gasteiger partial charge on any atom is -0.326 e. The van der Waals surface area contributed by atoms with Crippen molar-refractivity contribution in [3.05, 3.63) is 29.6 Å². The SMILES string of the molecule is Cc1cccc2c1nc(CCl)n2CC1(C)CCC1. The molecule has 0 saturated heterocycles. The fourth-order valence-corrected chi connectivity index (χ4v) is 3.14. The molecule has 0 aliphatic heterocycles. The topological polar surface area (TPSA) is 17.8 Å². The average Bonchev–Trinajstić information content (AvgIpc) is 2.67. The van der Waals surface area contributed by atoms with E-state index < -0.39 is 0 Å². The van der Waals surface area contributed by atoms with Crippen molar-refractivity contribution in [2.45, 2.75) is 45.5 Å². The zero-order valence-electron chi connectivity index (χ0n) is 11.0. The van der Waals surface area contributed by atoms with Crippen molar-refractivity contribution in [3.8, 4) is 0 Å². The van der Waals surface area contributed by atoms with Crippen molar-refractivity contribution in [2.75, 3.05) is 0 Å². The quantitative estimate of drug-likeness (QED) is 0.755. The second kappa shape index (κ2) is 4.27. The van der Waals surface area contributed by atoms with Gasteiger partial charge in [-0.05, 0) is 36.8 Å². The fourth-order valence-electron chi connectivity index (χ4n) is 2.93. The maximum absolute atomic E-state index is 6.06. The zero-order valence-corrected chi connectivity index (χ0v) is 11.8. The number of fused-ring (bicyclic) bond motifs is 1. The monoisotopic (exact) mass is 262 g/mol. The Labute approximate surface area is 113 Å². The minimum atomic E-state index is 0.443. The third-order valence-electron chi connectivity index (χ3n) is 4.28. The Bertz CT molecular complexity index is 581. The molecule has 3 heteroatoms. The van der Waals surface area contributed by atoms with E-state index in [0.717, 1.165) is 17.9 Å². The highest BCUT2D eigenvalue weighted by Gasteiger charge is 2.33. The third-order valence-corrected chi connectivity index (χ3v) is 4.52. The first kappa shape index (κ1) is 12.0. The van der Waals surface area contributed by atoms with Crippen LogP contribution in [0.4, 0.5) is 0 Å². The summed E-state index contributed by atoms with van der Waals surface area (Å²) in [5.41, 5.74) is 4.02. The summed E-state index contributed by atoms with van der Waals surface area (Å²) in [5.74, 6) is 1.50. The summed E-state index contributed by atoms with van der Waals surface area (Å²) in [6.07, 6.45) is 4.00. The minimum absolute atomic E-state index is 0.443. The Hall–Kier alpha value is -1.02. The van der Waals surface area contributed by atoms with Crippen LogP contribution in [0.25, 0.3) is 11.0 Å². The van der Waals surface area contributed by atoms with E-state index in [1.807, 2.05) is 0 Å². The molecule has 96 valence electrons.